The van der Waals surface area contributed by atoms with Gasteiger partial charge in [-0.2, -0.15) is 0 Å². The van der Waals surface area contributed by atoms with Crippen LogP contribution in [0.4, 0.5) is 9.52 Å². The number of hydrogen-bond acceptors (Lipinski definition) is 7. The second-order valence-corrected chi connectivity index (χ2v) is 9.34. The molecule has 1 aliphatic heterocycles. The molecular weight excluding hydrogens is 471 g/mol. The van der Waals surface area contributed by atoms with Gasteiger partial charge in [0.25, 0.3) is 5.91 Å². The maximum absolute atomic E-state index is 13.7. The Morgan fingerprint density at radius 2 is 1.83 bits per heavy atom. The van der Waals surface area contributed by atoms with Gasteiger partial charge in [0.1, 0.15) is 16.3 Å². The van der Waals surface area contributed by atoms with E-state index in [1.165, 1.54) is 29.2 Å². The highest BCUT2D eigenvalue weighted by molar-refractivity contribution is 7.17. The van der Waals surface area contributed by atoms with E-state index in [1.807, 2.05) is 13.8 Å². The zero-order chi connectivity index (χ0) is 25.0. The maximum Gasteiger partial charge on any atom is 0.350 e. The van der Waals surface area contributed by atoms with Crippen LogP contribution in [0.25, 0.3) is 11.0 Å². The van der Waals surface area contributed by atoms with Crippen molar-refractivity contribution < 1.29 is 23.1 Å². The lowest BCUT2D eigenvalue weighted by molar-refractivity contribution is 0.0531. The van der Waals surface area contributed by atoms with E-state index in [2.05, 4.69) is 4.98 Å². The Morgan fingerprint density at radius 3 is 2.51 bits per heavy atom. The van der Waals surface area contributed by atoms with Crippen molar-refractivity contribution >= 4 is 39.3 Å². The van der Waals surface area contributed by atoms with E-state index in [0.29, 0.717) is 22.2 Å². The number of nitrogens with zero attached hydrogens (tertiary/aromatic N) is 2. The van der Waals surface area contributed by atoms with Gasteiger partial charge in [-0.25, -0.2) is 14.2 Å². The van der Waals surface area contributed by atoms with Gasteiger partial charge in [-0.05, 0) is 68.7 Å². The van der Waals surface area contributed by atoms with Gasteiger partial charge in [0.2, 0.25) is 5.76 Å². The van der Waals surface area contributed by atoms with Crippen LogP contribution in [-0.4, -0.2) is 23.5 Å². The molecule has 35 heavy (non-hydrogen) atoms. The molecule has 0 bridgehead atoms. The van der Waals surface area contributed by atoms with Crippen LogP contribution in [0.15, 0.2) is 45.6 Å². The van der Waals surface area contributed by atoms with E-state index in [-0.39, 0.29) is 33.4 Å². The molecule has 3 heterocycles. The minimum absolute atomic E-state index is 0.0920. The number of aryl methyl sites for hydroxylation is 3. The number of halogens is 1. The summed E-state index contributed by atoms with van der Waals surface area (Å²) in [6.07, 6.45) is 0. The second-order valence-electron chi connectivity index (χ2n) is 8.37. The number of thiazole rings is 1. The van der Waals surface area contributed by atoms with Gasteiger partial charge in [0, 0.05) is 0 Å². The average molecular weight is 493 g/mol. The third-order valence-corrected chi connectivity index (χ3v) is 7.26. The Labute approximate surface area is 203 Å². The number of amides is 1. The molecule has 0 saturated heterocycles. The van der Waals surface area contributed by atoms with Crippen LogP contribution >= 0.6 is 11.3 Å². The molecule has 1 aliphatic rings. The van der Waals surface area contributed by atoms with E-state index in [9.17, 15) is 18.8 Å². The summed E-state index contributed by atoms with van der Waals surface area (Å²) in [6.45, 7) is 7.34. The predicted molar refractivity (Wildman–Crippen MR) is 130 cm³/mol. The van der Waals surface area contributed by atoms with Gasteiger partial charge in [0.15, 0.2) is 10.6 Å². The lowest BCUT2D eigenvalue weighted by Crippen LogP contribution is -2.29. The Hall–Kier alpha value is -3.85. The SMILES string of the molecule is CCOC(=O)c1sc(N2C(=O)c3oc4cc(C)c(C)cc4c(=O)c3[C@@H]2c2ccc(F)cc2)nc1C. The number of carbonyl (C=O) groups is 2. The molecule has 5 rings (SSSR count). The largest absolute Gasteiger partial charge is 0.462 e. The van der Waals surface area contributed by atoms with Crippen molar-refractivity contribution in [3.63, 3.8) is 0 Å². The smallest absolute Gasteiger partial charge is 0.350 e. The molecule has 9 heteroatoms. The zero-order valence-corrected chi connectivity index (χ0v) is 20.3. The predicted octanol–water partition coefficient (Wildman–Crippen LogP) is 5.24. The number of rotatable bonds is 4. The molecule has 2 aromatic heterocycles. The molecular formula is C26H21FN2O5S. The van der Waals surface area contributed by atoms with Crippen molar-refractivity contribution in [2.75, 3.05) is 11.5 Å². The topological polar surface area (TPSA) is 89.7 Å². The molecule has 7 nitrogen and oxygen atoms in total. The Kier molecular flexibility index (Phi) is 5.52. The van der Waals surface area contributed by atoms with Gasteiger partial charge in [-0.1, -0.05) is 23.5 Å². The fraction of sp³-hybridized carbons (Fsp3) is 0.231. The molecule has 1 atom stereocenters. The van der Waals surface area contributed by atoms with Crippen LogP contribution in [0.3, 0.4) is 0 Å². The molecule has 0 unspecified atom stereocenters. The van der Waals surface area contributed by atoms with Gasteiger partial charge in [-0.15, -0.1) is 0 Å². The van der Waals surface area contributed by atoms with Crippen molar-refractivity contribution in [2.24, 2.45) is 0 Å². The highest BCUT2D eigenvalue weighted by Gasteiger charge is 2.45. The zero-order valence-electron chi connectivity index (χ0n) is 19.5. The first-order valence-corrected chi connectivity index (χ1v) is 11.8. The normalized spacial score (nSPS) is 15.1. The number of benzene rings is 2. The standard InChI is InChI=1S/C26H21FN2O5S/c1-5-33-25(32)23-14(4)28-26(35-23)29-20(15-6-8-16(27)9-7-15)19-21(30)17-10-12(2)13(3)11-18(17)34-22(19)24(29)31/h6-11,20H,5H2,1-4H3/t20-/m0/s1. The van der Waals surface area contributed by atoms with Crippen LogP contribution < -0.4 is 10.3 Å². The van der Waals surface area contributed by atoms with Crippen molar-refractivity contribution in [2.45, 2.75) is 33.7 Å². The monoisotopic (exact) mass is 492 g/mol. The van der Waals surface area contributed by atoms with Crippen molar-refractivity contribution in [3.8, 4) is 0 Å². The highest BCUT2D eigenvalue weighted by Crippen LogP contribution is 2.43. The molecule has 0 fully saturated rings. The van der Waals surface area contributed by atoms with E-state index >= 15 is 0 Å². The number of anilines is 1. The third kappa shape index (κ3) is 3.63. The summed E-state index contributed by atoms with van der Waals surface area (Å²) in [7, 11) is 0. The van der Waals surface area contributed by atoms with E-state index in [0.717, 1.165) is 22.5 Å². The summed E-state index contributed by atoms with van der Waals surface area (Å²) < 4.78 is 24.8. The van der Waals surface area contributed by atoms with E-state index in [1.54, 1.807) is 26.0 Å². The fourth-order valence-electron chi connectivity index (χ4n) is 4.26. The number of hydrogen-bond donors (Lipinski definition) is 0. The third-order valence-electron chi connectivity index (χ3n) is 6.12. The minimum atomic E-state index is -0.902. The molecule has 0 aliphatic carbocycles. The molecule has 0 radical (unpaired) electrons. The van der Waals surface area contributed by atoms with Gasteiger partial charge < -0.3 is 9.15 Å². The quantitative estimate of drug-likeness (QED) is 0.362. The summed E-state index contributed by atoms with van der Waals surface area (Å²) >= 11 is 0.997. The van der Waals surface area contributed by atoms with E-state index < -0.39 is 23.7 Å². The van der Waals surface area contributed by atoms with E-state index in [4.69, 9.17) is 9.15 Å². The van der Waals surface area contributed by atoms with Crippen LogP contribution in [0.1, 0.15) is 61.1 Å². The van der Waals surface area contributed by atoms with Crippen LogP contribution in [0, 0.1) is 26.6 Å². The van der Waals surface area contributed by atoms with Crippen molar-refractivity contribution in [1.82, 2.24) is 4.98 Å². The van der Waals surface area contributed by atoms with Crippen LogP contribution in [-0.2, 0) is 4.74 Å². The average Bonchev–Trinajstić information content (AvgIpc) is 3.34. The van der Waals surface area contributed by atoms with Crippen LogP contribution in [0.2, 0.25) is 0 Å². The second kappa shape index (κ2) is 8.42. The Balaban J connectivity index is 1.76. The highest BCUT2D eigenvalue weighted by atomic mass is 32.1. The molecule has 4 aromatic rings. The minimum Gasteiger partial charge on any atom is -0.462 e. The number of esters is 1. The molecule has 1 amide bonds. The molecule has 178 valence electrons. The number of aromatic nitrogens is 1. The molecule has 2 aromatic carbocycles. The first-order valence-electron chi connectivity index (χ1n) is 11.0. The fourth-order valence-corrected chi connectivity index (χ4v) is 5.24. The number of ether oxygens (including phenoxy) is 1. The van der Waals surface area contributed by atoms with Crippen molar-refractivity contribution in [1.29, 1.82) is 0 Å². The number of carbonyl (C=O) groups excluding carboxylic acids is 2. The lowest BCUT2D eigenvalue weighted by atomic mass is 9.97. The summed E-state index contributed by atoms with van der Waals surface area (Å²) in [5.41, 5.74) is 2.88. The Bertz CT molecular complexity index is 1570. The van der Waals surface area contributed by atoms with Gasteiger partial charge in [0.05, 0.1) is 29.3 Å². The molecule has 0 saturated carbocycles. The molecule has 0 N–H and O–H groups in total. The van der Waals surface area contributed by atoms with Crippen LogP contribution in [0.5, 0.6) is 0 Å². The van der Waals surface area contributed by atoms with Crippen molar-refractivity contribution in [3.05, 3.63) is 91.0 Å². The first-order chi connectivity index (χ1) is 16.7. The van der Waals surface area contributed by atoms with Gasteiger partial charge >= 0.3 is 5.97 Å². The lowest BCUT2D eigenvalue weighted by Gasteiger charge is -2.22. The molecule has 0 spiro atoms. The summed E-state index contributed by atoms with van der Waals surface area (Å²) in [6, 6.07) is 8.16. The number of fused-ring (bicyclic) bond motifs is 2. The first kappa shape index (κ1) is 22.9. The summed E-state index contributed by atoms with van der Waals surface area (Å²) in [4.78, 5) is 45.8. The summed E-state index contributed by atoms with van der Waals surface area (Å²) in [5.74, 6) is -1.64. The van der Waals surface area contributed by atoms with Gasteiger partial charge in [-0.3, -0.25) is 14.5 Å². The maximum atomic E-state index is 13.7. The summed E-state index contributed by atoms with van der Waals surface area (Å²) in [5, 5.41) is 0.572. The Morgan fingerprint density at radius 1 is 1.14 bits per heavy atom.